The van der Waals surface area contributed by atoms with E-state index in [9.17, 15) is 0 Å². The first-order valence-electron chi connectivity index (χ1n) is 6.49. The molecule has 102 valence electrons. The third-order valence-corrected chi connectivity index (χ3v) is 4.16. The first kappa shape index (κ1) is 14.1. The van der Waals surface area contributed by atoms with Gasteiger partial charge in [-0.05, 0) is 13.3 Å². The molecule has 2 rings (SSSR count). The summed E-state index contributed by atoms with van der Waals surface area (Å²) in [5.74, 6) is 0.885. The zero-order valence-corrected chi connectivity index (χ0v) is 12.4. The molecule has 2 N–H and O–H groups in total. The quantitative estimate of drug-likeness (QED) is 0.895. The van der Waals surface area contributed by atoms with E-state index in [2.05, 4.69) is 27.1 Å². The predicted octanol–water partition coefficient (Wildman–Crippen LogP) is 2.40. The Bertz CT molecular complexity index is 399. The number of piperazine rings is 1. The Morgan fingerprint density at radius 3 is 2.72 bits per heavy atom. The highest BCUT2D eigenvalue weighted by molar-refractivity contribution is 6.40. The number of hydrogen-bond donors (Lipinski definition) is 2. The molecule has 1 aromatic rings. The average molecular weight is 291 g/mol. The Kier molecular flexibility index (Phi) is 4.90. The summed E-state index contributed by atoms with van der Waals surface area (Å²) in [7, 11) is 0. The molecular formula is C12H20Cl2N4. The molecule has 0 amide bonds. The lowest BCUT2D eigenvalue weighted by Gasteiger charge is -2.33. The standard InChI is InChI=1S/C12H20Cl2N4/c1-3-4-10(9-7-15-5-6-16-9)18-8(2)17-11(13)12(18)14/h9-10,15-16H,3-7H2,1-2H3. The summed E-state index contributed by atoms with van der Waals surface area (Å²) in [5, 5.41) is 7.93. The molecule has 0 aromatic carbocycles. The topological polar surface area (TPSA) is 41.9 Å². The third kappa shape index (κ3) is 2.82. The van der Waals surface area contributed by atoms with E-state index in [-0.39, 0.29) is 0 Å². The van der Waals surface area contributed by atoms with Gasteiger partial charge in [0, 0.05) is 25.7 Å². The number of imidazole rings is 1. The van der Waals surface area contributed by atoms with Crippen LogP contribution >= 0.6 is 23.2 Å². The van der Waals surface area contributed by atoms with Crippen molar-refractivity contribution >= 4 is 23.2 Å². The second-order valence-electron chi connectivity index (χ2n) is 4.73. The minimum absolute atomic E-state index is 0.301. The molecule has 2 unspecified atom stereocenters. The van der Waals surface area contributed by atoms with Gasteiger partial charge in [0.25, 0.3) is 0 Å². The second-order valence-corrected chi connectivity index (χ2v) is 5.45. The molecule has 0 radical (unpaired) electrons. The first-order valence-corrected chi connectivity index (χ1v) is 7.24. The van der Waals surface area contributed by atoms with E-state index in [4.69, 9.17) is 23.2 Å². The number of rotatable bonds is 4. The smallest absolute Gasteiger partial charge is 0.166 e. The molecule has 6 heteroatoms. The molecule has 18 heavy (non-hydrogen) atoms. The number of nitrogens with one attached hydrogen (secondary N) is 2. The van der Waals surface area contributed by atoms with Gasteiger partial charge in [0.1, 0.15) is 11.0 Å². The Morgan fingerprint density at radius 1 is 1.44 bits per heavy atom. The minimum Gasteiger partial charge on any atom is -0.314 e. The van der Waals surface area contributed by atoms with Gasteiger partial charge in [-0.25, -0.2) is 4.98 Å². The van der Waals surface area contributed by atoms with Crippen molar-refractivity contribution < 1.29 is 0 Å². The summed E-state index contributed by atoms with van der Waals surface area (Å²) in [5.41, 5.74) is 0. The fraction of sp³-hybridized carbons (Fsp3) is 0.750. The van der Waals surface area contributed by atoms with E-state index in [0.717, 1.165) is 38.3 Å². The molecule has 0 spiro atoms. The summed E-state index contributed by atoms with van der Waals surface area (Å²) < 4.78 is 2.07. The second kappa shape index (κ2) is 6.24. The lowest BCUT2D eigenvalue weighted by molar-refractivity contribution is 0.288. The molecule has 1 aromatic heterocycles. The van der Waals surface area contributed by atoms with Crippen LogP contribution in [-0.4, -0.2) is 35.2 Å². The summed E-state index contributed by atoms with van der Waals surface area (Å²) in [4.78, 5) is 4.26. The van der Waals surface area contributed by atoms with Gasteiger partial charge in [-0.3, -0.25) is 0 Å². The van der Waals surface area contributed by atoms with Crippen LogP contribution in [0.15, 0.2) is 0 Å². The Morgan fingerprint density at radius 2 is 2.22 bits per heavy atom. The van der Waals surface area contributed by atoms with Gasteiger partial charge in [-0.15, -0.1) is 0 Å². The molecule has 1 aliphatic heterocycles. The summed E-state index contributed by atoms with van der Waals surface area (Å²) in [6.45, 7) is 7.11. The lowest BCUT2D eigenvalue weighted by atomic mass is 10.0. The van der Waals surface area contributed by atoms with E-state index in [0.29, 0.717) is 22.4 Å². The third-order valence-electron chi connectivity index (χ3n) is 3.44. The molecule has 1 fully saturated rings. The van der Waals surface area contributed by atoms with Gasteiger partial charge in [0.15, 0.2) is 5.15 Å². The van der Waals surface area contributed by atoms with Gasteiger partial charge in [-0.1, -0.05) is 36.5 Å². The molecule has 1 saturated heterocycles. The van der Waals surface area contributed by atoms with Crippen molar-refractivity contribution in [1.29, 1.82) is 0 Å². The molecule has 2 heterocycles. The number of aryl methyl sites for hydroxylation is 1. The van der Waals surface area contributed by atoms with E-state index in [1.807, 2.05) is 6.92 Å². The van der Waals surface area contributed by atoms with E-state index in [1.165, 1.54) is 0 Å². The van der Waals surface area contributed by atoms with Crippen LogP contribution in [0, 0.1) is 6.92 Å². The maximum atomic E-state index is 6.28. The summed E-state index contributed by atoms with van der Waals surface area (Å²) in [6, 6.07) is 0.676. The van der Waals surface area contributed by atoms with Gasteiger partial charge < -0.3 is 15.2 Å². The average Bonchev–Trinajstić information content (AvgIpc) is 2.62. The number of aromatic nitrogens is 2. The molecule has 0 saturated carbocycles. The maximum absolute atomic E-state index is 6.28. The Labute approximate surface area is 118 Å². The van der Waals surface area contributed by atoms with Crippen molar-refractivity contribution in [2.75, 3.05) is 19.6 Å². The highest BCUT2D eigenvalue weighted by atomic mass is 35.5. The van der Waals surface area contributed by atoms with Crippen LogP contribution in [0.5, 0.6) is 0 Å². The van der Waals surface area contributed by atoms with Gasteiger partial charge in [0.05, 0.1) is 6.04 Å². The number of nitrogens with zero attached hydrogens (tertiary/aromatic N) is 2. The van der Waals surface area contributed by atoms with Crippen molar-refractivity contribution in [3.05, 3.63) is 16.1 Å². The van der Waals surface area contributed by atoms with Crippen LogP contribution in [0.1, 0.15) is 31.6 Å². The van der Waals surface area contributed by atoms with Crippen LogP contribution in [0.3, 0.4) is 0 Å². The fourth-order valence-electron chi connectivity index (χ4n) is 2.62. The monoisotopic (exact) mass is 290 g/mol. The normalized spacial score (nSPS) is 22.1. The number of halogens is 2. The van der Waals surface area contributed by atoms with Crippen molar-refractivity contribution in [2.24, 2.45) is 0 Å². The molecule has 4 nitrogen and oxygen atoms in total. The van der Waals surface area contributed by atoms with Crippen LogP contribution < -0.4 is 10.6 Å². The van der Waals surface area contributed by atoms with Crippen molar-refractivity contribution in [1.82, 2.24) is 20.2 Å². The zero-order valence-electron chi connectivity index (χ0n) is 10.8. The Hall–Kier alpha value is -0.290. The highest BCUT2D eigenvalue weighted by Gasteiger charge is 2.27. The Balaban J connectivity index is 2.28. The zero-order chi connectivity index (χ0) is 13.1. The molecule has 2 atom stereocenters. The molecule has 0 bridgehead atoms. The predicted molar refractivity (Wildman–Crippen MR) is 75.6 cm³/mol. The van der Waals surface area contributed by atoms with Crippen molar-refractivity contribution in [2.45, 2.75) is 38.8 Å². The lowest BCUT2D eigenvalue weighted by Crippen LogP contribution is -2.52. The van der Waals surface area contributed by atoms with Gasteiger partial charge in [-0.2, -0.15) is 0 Å². The van der Waals surface area contributed by atoms with Crippen LogP contribution in [0.4, 0.5) is 0 Å². The van der Waals surface area contributed by atoms with Gasteiger partial charge in [0.2, 0.25) is 0 Å². The van der Waals surface area contributed by atoms with Crippen molar-refractivity contribution in [3.8, 4) is 0 Å². The molecule has 1 aliphatic rings. The highest BCUT2D eigenvalue weighted by Crippen LogP contribution is 2.30. The van der Waals surface area contributed by atoms with Crippen LogP contribution in [0.25, 0.3) is 0 Å². The summed E-state index contributed by atoms with van der Waals surface area (Å²) >= 11 is 12.3. The van der Waals surface area contributed by atoms with E-state index < -0.39 is 0 Å². The van der Waals surface area contributed by atoms with Gasteiger partial charge >= 0.3 is 0 Å². The largest absolute Gasteiger partial charge is 0.314 e. The first-order chi connectivity index (χ1) is 8.65. The molecule has 0 aliphatic carbocycles. The number of hydrogen-bond acceptors (Lipinski definition) is 3. The minimum atomic E-state index is 0.301. The fourth-order valence-corrected chi connectivity index (χ4v) is 3.13. The van der Waals surface area contributed by atoms with Crippen molar-refractivity contribution in [3.63, 3.8) is 0 Å². The SMILES string of the molecule is CCCC(C1CNCCN1)n1c(C)nc(Cl)c1Cl. The van der Waals surface area contributed by atoms with E-state index in [1.54, 1.807) is 0 Å². The molecular weight excluding hydrogens is 271 g/mol. The summed E-state index contributed by atoms with van der Waals surface area (Å²) in [6.07, 6.45) is 2.17. The maximum Gasteiger partial charge on any atom is 0.166 e. The van der Waals surface area contributed by atoms with E-state index >= 15 is 0 Å². The van der Waals surface area contributed by atoms with Crippen LogP contribution in [-0.2, 0) is 0 Å². The van der Waals surface area contributed by atoms with Crippen LogP contribution in [0.2, 0.25) is 10.3 Å².